The summed E-state index contributed by atoms with van der Waals surface area (Å²) in [5.41, 5.74) is 0.553. The number of aryl methyl sites for hydroxylation is 1. The smallest absolute Gasteiger partial charge is 0.352 e. The zero-order valence-electron chi connectivity index (χ0n) is 16.5. The Bertz CT molecular complexity index is 1180. The van der Waals surface area contributed by atoms with Crippen LogP contribution in [-0.4, -0.2) is 33.9 Å². The van der Waals surface area contributed by atoms with Crippen molar-refractivity contribution in [3.05, 3.63) is 69.9 Å². The molecule has 31 heavy (non-hydrogen) atoms. The average Bonchev–Trinajstić information content (AvgIpc) is 3.33. The fraction of sp³-hybridized carbons (Fsp3) is 0.286. The lowest BCUT2D eigenvalue weighted by Crippen LogP contribution is -2.26. The van der Waals surface area contributed by atoms with E-state index in [1.807, 2.05) is 4.90 Å². The number of halogens is 2. The molecule has 10 heteroatoms. The van der Waals surface area contributed by atoms with Crippen molar-refractivity contribution >= 4 is 5.82 Å². The van der Waals surface area contributed by atoms with Gasteiger partial charge in [-0.15, -0.1) is 0 Å². The molecule has 0 spiro atoms. The zero-order valence-corrected chi connectivity index (χ0v) is 16.5. The minimum atomic E-state index is -0.877. The van der Waals surface area contributed by atoms with Crippen LogP contribution in [0.1, 0.15) is 11.3 Å². The van der Waals surface area contributed by atoms with Gasteiger partial charge in [0, 0.05) is 11.8 Å². The van der Waals surface area contributed by atoms with Gasteiger partial charge in [-0.05, 0) is 36.8 Å². The number of fused-ring (bicyclic) bond motifs is 3. The van der Waals surface area contributed by atoms with Crippen LogP contribution in [0, 0.1) is 18.6 Å². The number of aromatic nitrogens is 3. The van der Waals surface area contributed by atoms with Gasteiger partial charge in [0.05, 0.1) is 25.4 Å². The molecule has 1 unspecified atom stereocenters. The van der Waals surface area contributed by atoms with Crippen LogP contribution in [0.2, 0.25) is 0 Å². The van der Waals surface area contributed by atoms with Crippen LogP contribution < -0.4 is 20.1 Å². The molecule has 0 saturated carbocycles. The molecular weight excluding hydrogens is 410 g/mol. The molecule has 1 saturated heterocycles. The third-order valence-corrected chi connectivity index (χ3v) is 5.18. The SMILES string of the molecule is Cc1ccc(Oc2c(F)cc(COc3cc4n(c(=O)n3)CC3COCN43)cc2F)cn1. The van der Waals surface area contributed by atoms with Crippen molar-refractivity contribution in [2.24, 2.45) is 0 Å². The quantitative estimate of drug-likeness (QED) is 0.618. The summed E-state index contributed by atoms with van der Waals surface area (Å²) < 4.78 is 46.7. The molecule has 0 radical (unpaired) electrons. The van der Waals surface area contributed by atoms with Gasteiger partial charge in [0.1, 0.15) is 24.9 Å². The molecule has 0 aliphatic carbocycles. The summed E-state index contributed by atoms with van der Waals surface area (Å²) >= 11 is 0. The van der Waals surface area contributed by atoms with Crippen molar-refractivity contribution in [2.75, 3.05) is 18.2 Å². The largest absolute Gasteiger partial charge is 0.473 e. The summed E-state index contributed by atoms with van der Waals surface area (Å²) in [6, 6.07) is 7.21. The van der Waals surface area contributed by atoms with Gasteiger partial charge in [-0.25, -0.2) is 13.6 Å². The first-order valence-electron chi connectivity index (χ1n) is 9.65. The van der Waals surface area contributed by atoms with E-state index in [0.29, 0.717) is 25.7 Å². The molecule has 1 atom stereocenters. The van der Waals surface area contributed by atoms with Gasteiger partial charge in [0.2, 0.25) is 5.88 Å². The van der Waals surface area contributed by atoms with Crippen molar-refractivity contribution in [3.63, 3.8) is 0 Å². The first kappa shape index (κ1) is 19.4. The molecule has 0 bridgehead atoms. The summed E-state index contributed by atoms with van der Waals surface area (Å²) in [5.74, 6) is -1.32. The Hall–Kier alpha value is -3.53. The Kier molecular flexibility index (Phi) is 4.78. The van der Waals surface area contributed by atoms with Gasteiger partial charge in [-0.3, -0.25) is 9.55 Å². The highest BCUT2D eigenvalue weighted by Crippen LogP contribution is 2.31. The molecule has 8 nitrogen and oxygen atoms in total. The number of pyridine rings is 1. The van der Waals surface area contributed by atoms with Crippen LogP contribution >= 0.6 is 0 Å². The number of rotatable bonds is 5. The van der Waals surface area contributed by atoms with Gasteiger partial charge in [0.15, 0.2) is 17.4 Å². The van der Waals surface area contributed by atoms with E-state index in [9.17, 15) is 13.6 Å². The Balaban J connectivity index is 1.32. The number of hydrogen-bond donors (Lipinski definition) is 0. The van der Waals surface area contributed by atoms with Crippen LogP contribution in [0.15, 0.2) is 41.3 Å². The van der Waals surface area contributed by atoms with Gasteiger partial charge in [0.25, 0.3) is 0 Å². The third-order valence-electron chi connectivity index (χ3n) is 5.18. The molecule has 4 heterocycles. The Morgan fingerprint density at radius 3 is 2.77 bits per heavy atom. The van der Waals surface area contributed by atoms with E-state index in [4.69, 9.17) is 14.2 Å². The fourth-order valence-corrected chi connectivity index (χ4v) is 3.64. The first-order chi connectivity index (χ1) is 15.0. The van der Waals surface area contributed by atoms with Gasteiger partial charge < -0.3 is 19.1 Å². The van der Waals surface area contributed by atoms with Crippen molar-refractivity contribution in [1.82, 2.24) is 14.5 Å². The number of anilines is 1. The van der Waals surface area contributed by atoms with Crippen LogP contribution in [-0.2, 0) is 17.9 Å². The van der Waals surface area contributed by atoms with Gasteiger partial charge in [-0.1, -0.05) is 0 Å². The normalized spacial score (nSPS) is 16.9. The Morgan fingerprint density at radius 1 is 1.23 bits per heavy atom. The van der Waals surface area contributed by atoms with E-state index in [0.717, 1.165) is 17.8 Å². The van der Waals surface area contributed by atoms with Crippen LogP contribution in [0.5, 0.6) is 17.4 Å². The molecule has 2 aliphatic rings. The summed E-state index contributed by atoms with van der Waals surface area (Å²) in [5, 5.41) is 0. The van der Waals surface area contributed by atoms with Crippen molar-refractivity contribution in [1.29, 1.82) is 0 Å². The van der Waals surface area contributed by atoms with Gasteiger partial charge >= 0.3 is 5.69 Å². The van der Waals surface area contributed by atoms with E-state index in [1.54, 1.807) is 29.7 Å². The lowest BCUT2D eigenvalue weighted by molar-refractivity contribution is 0.189. The predicted molar refractivity (Wildman–Crippen MR) is 105 cm³/mol. The van der Waals surface area contributed by atoms with E-state index < -0.39 is 23.1 Å². The summed E-state index contributed by atoms with van der Waals surface area (Å²) in [6.07, 6.45) is 1.39. The second kappa shape index (κ2) is 7.62. The summed E-state index contributed by atoms with van der Waals surface area (Å²) in [7, 11) is 0. The molecule has 1 fully saturated rings. The summed E-state index contributed by atoms with van der Waals surface area (Å²) in [6.45, 7) is 3.07. The lowest BCUT2D eigenvalue weighted by atomic mass is 10.2. The highest BCUT2D eigenvalue weighted by molar-refractivity contribution is 5.47. The Labute approximate surface area is 175 Å². The van der Waals surface area contributed by atoms with E-state index in [1.165, 1.54) is 6.20 Å². The minimum absolute atomic E-state index is 0.0793. The maximum absolute atomic E-state index is 14.5. The summed E-state index contributed by atoms with van der Waals surface area (Å²) in [4.78, 5) is 22.2. The third kappa shape index (κ3) is 3.70. The molecule has 5 rings (SSSR count). The van der Waals surface area contributed by atoms with E-state index in [2.05, 4.69) is 9.97 Å². The number of benzene rings is 1. The minimum Gasteiger partial charge on any atom is -0.473 e. The molecule has 0 amide bonds. The molecule has 2 aromatic heterocycles. The molecule has 160 valence electrons. The lowest BCUT2D eigenvalue weighted by Gasteiger charge is -2.15. The van der Waals surface area contributed by atoms with Crippen LogP contribution in [0.3, 0.4) is 0 Å². The highest BCUT2D eigenvalue weighted by atomic mass is 19.1. The maximum atomic E-state index is 14.5. The van der Waals surface area contributed by atoms with E-state index in [-0.39, 0.29) is 29.8 Å². The predicted octanol–water partition coefficient (Wildman–Crippen LogP) is 2.77. The fourth-order valence-electron chi connectivity index (χ4n) is 3.64. The van der Waals surface area contributed by atoms with Crippen molar-refractivity contribution < 1.29 is 23.0 Å². The standard InChI is InChI=1S/C21H18F2N4O4/c1-12-2-3-15(7-24-12)31-20-16(22)4-13(5-17(20)23)9-30-18-6-19-26(21(28)25-18)8-14-10-29-11-27(14)19/h2-7,14H,8-11H2,1H3. The molecule has 0 N–H and O–H groups in total. The molecule has 1 aromatic carbocycles. The number of ether oxygens (including phenoxy) is 3. The number of nitrogens with zero attached hydrogens (tertiary/aromatic N) is 4. The second-order valence-corrected chi connectivity index (χ2v) is 7.38. The Morgan fingerprint density at radius 2 is 2.03 bits per heavy atom. The van der Waals surface area contributed by atoms with Crippen LogP contribution in [0.4, 0.5) is 14.6 Å². The topological polar surface area (TPSA) is 78.7 Å². The van der Waals surface area contributed by atoms with E-state index >= 15 is 0 Å². The number of hydrogen-bond acceptors (Lipinski definition) is 7. The maximum Gasteiger partial charge on any atom is 0.352 e. The van der Waals surface area contributed by atoms with Gasteiger partial charge in [-0.2, -0.15) is 4.98 Å². The monoisotopic (exact) mass is 428 g/mol. The highest BCUT2D eigenvalue weighted by Gasteiger charge is 2.35. The zero-order chi connectivity index (χ0) is 21.5. The first-order valence-corrected chi connectivity index (χ1v) is 9.65. The molecule has 2 aliphatic heterocycles. The van der Waals surface area contributed by atoms with Crippen LogP contribution in [0.25, 0.3) is 0 Å². The molecular formula is C21H18F2N4O4. The van der Waals surface area contributed by atoms with Crippen molar-refractivity contribution in [2.45, 2.75) is 26.1 Å². The molecule has 3 aromatic rings. The second-order valence-electron chi connectivity index (χ2n) is 7.38. The van der Waals surface area contributed by atoms with Crippen molar-refractivity contribution in [3.8, 4) is 17.4 Å². The average molecular weight is 428 g/mol.